The minimum atomic E-state index is -0.479. The summed E-state index contributed by atoms with van der Waals surface area (Å²) in [5, 5.41) is 5.18. The molecule has 2 heterocycles. The van der Waals surface area contributed by atoms with E-state index in [1.165, 1.54) is 42.4 Å². The lowest BCUT2D eigenvalue weighted by molar-refractivity contribution is -0.122. The molecule has 1 aromatic heterocycles. The smallest absolute Gasteiger partial charge is 0.341 e. The molecular formula is C33H34N2O5S3. The lowest BCUT2D eigenvalue weighted by atomic mass is 9.97. The number of rotatable bonds is 11. The first kappa shape index (κ1) is 31.0. The van der Waals surface area contributed by atoms with Crippen molar-refractivity contribution in [3.63, 3.8) is 0 Å². The number of thiocarbonyl (C=S) groups is 1. The Balaban J connectivity index is 1.20. The van der Waals surface area contributed by atoms with E-state index in [0.717, 1.165) is 35.3 Å². The third-order valence-corrected chi connectivity index (χ3v) is 9.59. The Morgan fingerprint density at radius 3 is 2.58 bits per heavy atom. The fraction of sp³-hybridized carbons (Fsp3) is 0.333. The van der Waals surface area contributed by atoms with Crippen molar-refractivity contribution in [2.45, 2.75) is 58.0 Å². The Hall–Kier alpha value is -3.47. The summed E-state index contributed by atoms with van der Waals surface area (Å²) >= 11 is 8.08. The van der Waals surface area contributed by atoms with Crippen LogP contribution in [-0.2, 0) is 14.3 Å². The lowest BCUT2D eigenvalue weighted by Crippen LogP contribution is -2.29. The van der Waals surface area contributed by atoms with Gasteiger partial charge in [-0.25, -0.2) is 4.79 Å². The summed E-state index contributed by atoms with van der Waals surface area (Å²) in [6.45, 7) is 2.30. The van der Waals surface area contributed by atoms with E-state index in [1.54, 1.807) is 11.8 Å². The van der Waals surface area contributed by atoms with Gasteiger partial charge in [0.05, 0.1) is 17.6 Å². The second-order valence-electron chi connectivity index (χ2n) is 10.3. The maximum Gasteiger partial charge on any atom is 0.341 e. The Morgan fingerprint density at radius 1 is 1.07 bits per heavy atom. The molecule has 1 N–H and O–H groups in total. The highest BCUT2D eigenvalue weighted by Crippen LogP contribution is 2.37. The predicted molar refractivity (Wildman–Crippen MR) is 177 cm³/mol. The summed E-state index contributed by atoms with van der Waals surface area (Å²) in [4.78, 5) is 41.1. The van der Waals surface area contributed by atoms with Crippen LogP contribution in [0.2, 0.25) is 0 Å². The maximum absolute atomic E-state index is 13.3. The average molecular weight is 635 g/mol. The number of thiophene rings is 1. The summed E-state index contributed by atoms with van der Waals surface area (Å²) in [7, 11) is 0. The number of thioether (sulfide) groups is 1. The number of carbonyl (C=O) groups excluding carboxylic acids is 3. The maximum atomic E-state index is 13.3. The van der Waals surface area contributed by atoms with Crippen LogP contribution in [0.5, 0.6) is 5.75 Å². The summed E-state index contributed by atoms with van der Waals surface area (Å²) in [5.41, 5.74) is 2.79. The van der Waals surface area contributed by atoms with Crippen molar-refractivity contribution in [3.8, 4) is 16.9 Å². The summed E-state index contributed by atoms with van der Waals surface area (Å²) in [6.07, 6.45) is 8.34. The summed E-state index contributed by atoms with van der Waals surface area (Å²) in [6, 6.07) is 17.3. The van der Waals surface area contributed by atoms with E-state index in [0.29, 0.717) is 32.8 Å². The number of nitrogens with zero attached hydrogens (tertiary/aromatic N) is 1. The molecule has 43 heavy (non-hydrogen) atoms. The van der Waals surface area contributed by atoms with Crippen molar-refractivity contribution in [2.24, 2.45) is 0 Å². The van der Waals surface area contributed by atoms with E-state index in [1.807, 2.05) is 66.1 Å². The number of benzene rings is 2. The SMILES string of the molecule is CCOC(=O)c1c(-c2ccccc2)csc1NC(=O)CCCN1C(=O)/C(=C/c2ccccc2OC2CCCCC2)SC1=S. The molecule has 7 nitrogen and oxygen atoms in total. The van der Waals surface area contributed by atoms with E-state index < -0.39 is 5.97 Å². The summed E-state index contributed by atoms with van der Waals surface area (Å²) in [5.74, 6) is -0.115. The molecule has 0 unspecified atom stereocenters. The molecule has 2 amide bonds. The predicted octanol–water partition coefficient (Wildman–Crippen LogP) is 7.92. The van der Waals surface area contributed by atoms with Crippen molar-refractivity contribution < 1.29 is 23.9 Å². The fourth-order valence-electron chi connectivity index (χ4n) is 5.18. The molecule has 2 aliphatic rings. The van der Waals surface area contributed by atoms with Crippen LogP contribution < -0.4 is 10.1 Å². The second kappa shape index (κ2) is 14.8. The molecule has 1 saturated carbocycles. The molecule has 0 spiro atoms. The molecule has 3 aromatic rings. The van der Waals surface area contributed by atoms with Gasteiger partial charge in [0.15, 0.2) is 0 Å². The van der Waals surface area contributed by atoms with Crippen LogP contribution in [0.15, 0.2) is 64.9 Å². The highest BCUT2D eigenvalue weighted by molar-refractivity contribution is 8.26. The molecule has 224 valence electrons. The first-order valence-corrected chi connectivity index (χ1v) is 16.7. The average Bonchev–Trinajstić information content (AvgIpc) is 3.55. The molecule has 2 aromatic carbocycles. The monoisotopic (exact) mass is 634 g/mol. The molecular weight excluding hydrogens is 601 g/mol. The van der Waals surface area contributed by atoms with Crippen LogP contribution in [0.3, 0.4) is 0 Å². The first-order chi connectivity index (χ1) is 20.9. The van der Waals surface area contributed by atoms with Gasteiger partial charge in [0.1, 0.15) is 20.6 Å². The van der Waals surface area contributed by atoms with Crippen molar-refractivity contribution in [2.75, 3.05) is 18.5 Å². The van der Waals surface area contributed by atoms with Crippen molar-refractivity contribution >= 4 is 68.5 Å². The number of amides is 2. The second-order valence-corrected chi connectivity index (χ2v) is 12.9. The number of para-hydroxylation sites is 1. The van der Waals surface area contributed by atoms with Gasteiger partial charge in [-0.3, -0.25) is 14.5 Å². The van der Waals surface area contributed by atoms with Crippen LogP contribution in [0.1, 0.15) is 67.8 Å². The van der Waals surface area contributed by atoms with Gasteiger partial charge in [0.2, 0.25) is 5.91 Å². The fourth-order valence-corrected chi connectivity index (χ4v) is 7.45. The molecule has 0 bridgehead atoms. The van der Waals surface area contributed by atoms with Crippen LogP contribution in [0, 0.1) is 0 Å². The van der Waals surface area contributed by atoms with Gasteiger partial charge >= 0.3 is 5.97 Å². The Labute approximate surface area is 265 Å². The van der Waals surface area contributed by atoms with Gasteiger partial charge in [-0.05, 0) is 56.7 Å². The van der Waals surface area contributed by atoms with E-state index in [9.17, 15) is 14.4 Å². The molecule has 1 saturated heterocycles. The van der Waals surface area contributed by atoms with Crippen LogP contribution in [0.4, 0.5) is 5.00 Å². The molecule has 0 radical (unpaired) electrons. The van der Waals surface area contributed by atoms with E-state index in [2.05, 4.69) is 5.32 Å². The van der Waals surface area contributed by atoms with Crippen molar-refractivity contribution in [1.82, 2.24) is 4.90 Å². The molecule has 1 aliphatic heterocycles. The van der Waals surface area contributed by atoms with Crippen LogP contribution >= 0.6 is 35.3 Å². The third kappa shape index (κ3) is 7.74. The lowest BCUT2D eigenvalue weighted by Gasteiger charge is -2.23. The quantitative estimate of drug-likeness (QED) is 0.130. The van der Waals surface area contributed by atoms with Crippen LogP contribution in [0.25, 0.3) is 17.2 Å². The van der Waals surface area contributed by atoms with Gasteiger partial charge in [-0.1, -0.05) is 78.9 Å². The number of esters is 1. The molecule has 5 rings (SSSR count). The van der Waals surface area contributed by atoms with Crippen LogP contribution in [-0.4, -0.2) is 46.3 Å². The van der Waals surface area contributed by atoms with Gasteiger partial charge < -0.3 is 14.8 Å². The molecule has 10 heteroatoms. The zero-order valence-corrected chi connectivity index (χ0v) is 26.5. The molecule has 0 atom stereocenters. The highest BCUT2D eigenvalue weighted by Gasteiger charge is 2.32. The first-order valence-electron chi connectivity index (χ1n) is 14.6. The Kier molecular flexibility index (Phi) is 10.7. The molecule has 1 aliphatic carbocycles. The summed E-state index contributed by atoms with van der Waals surface area (Å²) < 4.78 is 12.1. The van der Waals surface area contributed by atoms with E-state index >= 15 is 0 Å². The third-order valence-electron chi connectivity index (χ3n) is 7.32. The number of nitrogens with one attached hydrogen (secondary N) is 1. The normalized spacial score (nSPS) is 16.5. The molecule has 2 fully saturated rings. The number of hydrogen-bond donors (Lipinski definition) is 1. The number of carbonyl (C=O) groups is 3. The van der Waals surface area contributed by atoms with Crippen molar-refractivity contribution in [1.29, 1.82) is 0 Å². The van der Waals surface area contributed by atoms with Gasteiger partial charge in [0.25, 0.3) is 5.91 Å². The number of ether oxygens (including phenoxy) is 2. The largest absolute Gasteiger partial charge is 0.490 e. The van der Waals surface area contributed by atoms with E-state index in [-0.39, 0.29) is 30.9 Å². The number of hydrogen-bond acceptors (Lipinski definition) is 8. The standard InChI is InChI=1S/C33H34N2O5S3/c1-2-39-32(38)29-25(22-12-5-3-6-13-22)21-42-30(29)34-28(36)18-11-19-35-31(37)27(43-33(35)41)20-23-14-9-10-17-26(23)40-24-15-7-4-8-16-24/h3,5-6,9-10,12-14,17,20-21,24H,2,4,7-8,11,15-16,18-19H2,1H3,(H,34,36)/b27-20-. The minimum Gasteiger partial charge on any atom is -0.490 e. The topological polar surface area (TPSA) is 84.9 Å². The zero-order chi connectivity index (χ0) is 30.2. The van der Waals surface area contributed by atoms with Crippen molar-refractivity contribution in [3.05, 3.63) is 76.0 Å². The minimum absolute atomic E-state index is 0.162. The Morgan fingerprint density at radius 2 is 1.81 bits per heavy atom. The highest BCUT2D eigenvalue weighted by atomic mass is 32.2. The van der Waals surface area contributed by atoms with Gasteiger partial charge in [-0.15, -0.1) is 11.3 Å². The zero-order valence-electron chi connectivity index (χ0n) is 24.0. The van der Waals surface area contributed by atoms with E-state index in [4.69, 9.17) is 21.7 Å². The van der Waals surface area contributed by atoms with Gasteiger partial charge in [0, 0.05) is 29.5 Å². The Bertz CT molecular complexity index is 1510. The number of anilines is 1. The van der Waals surface area contributed by atoms with Gasteiger partial charge in [-0.2, -0.15) is 0 Å².